The first-order chi connectivity index (χ1) is 4.26. The fraction of sp³-hybridized carbons (Fsp3) is 0.500. The molecule has 3 heteroatoms. The van der Waals surface area contributed by atoms with Crippen LogP contribution in [0.4, 0.5) is 0 Å². The van der Waals surface area contributed by atoms with Gasteiger partial charge in [-0.2, -0.15) is 0 Å². The second-order valence-electron chi connectivity index (χ2n) is 1.48. The van der Waals surface area contributed by atoms with E-state index in [1.807, 2.05) is 0 Å². The molecule has 0 aliphatic heterocycles. The Balaban J connectivity index is 4.14. The highest BCUT2D eigenvalue weighted by Gasteiger charge is 1.98. The number of aliphatic hydroxyl groups is 1. The molecule has 0 bridgehead atoms. The average molecular weight is 239 g/mol. The molecule has 0 saturated heterocycles. The quantitative estimate of drug-likeness (QED) is 0.339. The lowest BCUT2D eigenvalue weighted by Gasteiger charge is -1.96. The van der Waals surface area contributed by atoms with Crippen LogP contribution in [0.2, 0.25) is 0 Å². The molecule has 0 atom stereocenters. The highest BCUT2D eigenvalue weighted by Crippen LogP contribution is 1.96. The Morgan fingerprint density at radius 3 is 2.44 bits per heavy atom. The van der Waals surface area contributed by atoms with Crippen molar-refractivity contribution in [1.29, 1.82) is 0 Å². The molecular weight excluding hydrogens is 229 g/mol. The summed E-state index contributed by atoms with van der Waals surface area (Å²) in [7, 11) is 1.67. The molecule has 2 nitrogen and oxygen atoms in total. The molecule has 0 heterocycles. The van der Waals surface area contributed by atoms with Crippen LogP contribution in [-0.4, -0.2) is 22.3 Å². The Kier molecular flexibility index (Phi) is 4.75. The van der Waals surface area contributed by atoms with E-state index in [4.69, 9.17) is 5.11 Å². The third-order valence-electron chi connectivity index (χ3n) is 0.966. The van der Waals surface area contributed by atoms with Gasteiger partial charge in [0.15, 0.2) is 0 Å². The summed E-state index contributed by atoms with van der Waals surface area (Å²) in [6.45, 7) is 1.78. The highest BCUT2D eigenvalue weighted by molar-refractivity contribution is 14.1. The van der Waals surface area contributed by atoms with Gasteiger partial charge in [0.1, 0.15) is 5.76 Å². The zero-order valence-electron chi connectivity index (χ0n) is 5.56. The van der Waals surface area contributed by atoms with Crippen molar-refractivity contribution in [2.45, 2.75) is 6.92 Å². The molecule has 1 N–H and O–H groups in total. The van der Waals surface area contributed by atoms with E-state index in [0.29, 0.717) is 0 Å². The average Bonchev–Trinajstić information content (AvgIpc) is 1.90. The first kappa shape index (κ1) is 8.94. The Morgan fingerprint density at radius 1 is 1.78 bits per heavy atom. The number of halogens is 1. The summed E-state index contributed by atoms with van der Waals surface area (Å²) in [6, 6.07) is 0. The lowest BCUT2D eigenvalue weighted by Crippen LogP contribution is -2.02. The molecule has 0 saturated carbocycles. The van der Waals surface area contributed by atoms with Crippen LogP contribution in [0, 0.1) is 0 Å². The fourth-order valence-electron chi connectivity index (χ4n) is 0.409. The summed E-state index contributed by atoms with van der Waals surface area (Å²) in [5.74, 6) is 0.284. The molecule has 0 aromatic carbocycles. The topological polar surface area (TPSA) is 32.6 Å². The lowest BCUT2D eigenvalue weighted by molar-refractivity contribution is 0.442. The third-order valence-corrected chi connectivity index (χ3v) is 1.69. The van der Waals surface area contributed by atoms with E-state index < -0.39 is 0 Å². The molecule has 0 spiro atoms. The maximum atomic E-state index is 9.04. The summed E-state index contributed by atoms with van der Waals surface area (Å²) in [5.41, 5.74) is 0.748. The number of rotatable bonds is 2. The highest BCUT2D eigenvalue weighted by atomic mass is 127. The summed E-state index contributed by atoms with van der Waals surface area (Å²) in [5, 5.41) is 9.04. The Bertz CT molecular complexity index is 140. The molecule has 9 heavy (non-hydrogen) atoms. The smallest absolute Gasteiger partial charge is 0.133 e. The van der Waals surface area contributed by atoms with Crippen molar-refractivity contribution >= 4 is 28.3 Å². The number of allylic oxidation sites excluding steroid dienone is 2. The zero-order valence-corrected chi connectivity index (χ0v) is 7.71. The van der Waals surface area contributed by atoms with Gasteiger partial charge in [0.25, 0.3) is 0 Å². The predicted octanol–water partition coefficient (Wildman–Crippen LogP) is 1.95. The van der Waals surface area contributed by atoms with Gasteiger partial charge in [0.2, 0.25) is 0 Å². The van der Waals surface area contributed by atoms with Crippen LogP contribution >= 0.6 is 22.6 Å². The largest absolute Gasteiger partial charge is 0.506 e. The molecule has 0 unspecified atom stereocenters. The molecule has 0 rings (SSSR count). The lowest BCUT2D eigenvalue weighted by atomic mass is 10.3. The van der Waals surface area contributed by atoms with E-state index in [0.717, 1.165) is 10.1 Å². The molecule has 0 aromatic heterocycles. The van der Waals surface area contributed by atoms with Gasteiger partial charge in [-0.3, -0.25) is 4.99 Å². The van der Waals surface area contributed by atoms with Gasteiger partial charge in [0, 0.05) is 11.5 Å². The minimum Gasteiger partial charge on any atom is -0.506 e. The molecule has 0 fully saturated rings. The van der Waals surface area contributed by atoms with Crippen LogP contribution in [0.15, 0.2) is 16.8 Å². The van der Waals surface area contributed by atoms with Crippen molar-refractivity contribution in [3.63, 3.8) is 0 Å². The zero-order chi connectivity index (χ0) is 7.28. The van der Waals surface area contributed by atoms with Crippen LogP contribution < -0.4 is 0 Å². The second-order valence-corrected chi connectivity index (χ2v) is 2.24. The van der Waals surface area contributed by atoms with Crippen molar-refractivity contribution in [2.75, 3.05) is 11.5 Å². The van der Waals surface area contributed by atoms with E-state index >= 15 is 0 Å². The van der Waals surface area contributed by atoms with Gasteiger partial charge >= 0.3 is 0 Å². The first-order valence-corrected chi connectivity index (χ1v) is 4.16. The van der Waals surface area contributed by atoms with E-state index in [1.165, 1.54) is 0 Å². The van der Waals surface area contributed by atoms with Gasteiger partial charge < -0.3 is 5.11 Å². The number of hydrogen-bond acceptors (Lipinski definition) is 2. The SMILES string of the molecule is C/C=C(O)\C(CI)=N/C. The van der Waals surface area contributed by atoms with Gasteiger partial charge in [-0.05, 0) is 13.0 Å². The van der Waals surface area contributed by atoms with Crippen molar-refractivity contribution in [1.82, 2.24) is 0 Å². The van der Waals surface area contributed by atoms with Gasteiger partial charge in [-0.25, -0.2) is 0 Å². The number of aliphatic hydroxyl groups excluding tert-OH is 1. The van der Waals surface area contributed by atoms with Crippen molar-refractivity contribution in [3.8, 4) is 0 Å². The van der Waals surface area contributed by atoms with Crippen LogP contribution in [0.3, 0.4) is 0 Å². The first-order valence-electron chi connectivity index (χ1n) is 2.63. The summed E-state index contributed by atoms with van der Waals surface area (Å²) < 4.78 is 0.754. The molecular formula is C6H10INO. The molecule has 52 valence electrons. The van der Waals surface area contributed by atoms with Gasteiger partial charge in [-0.15, -0.1) is 0 Å². The van der Waals surface area contributed by atoms with Crippen molar-refractivity contribution < 1.29 is 5.11 Å². The summed E-state index contributed by atoms with van der Waals surface area (Å²) in [4.78, 5) is 3.87. The molecule has 0 amide bonds. The van der Waals surface area contributed by atoms with Crippen molar-refractivity contribution in [2.24, 2.45) is 4.99 Å². The second kappa shape index (κ2) is 4.78. The van der Waals surface area contributed by atoms with Crippen molar-refractivity contribution in [3.05, 3.63) is 11.8 Å². The predicted molar refractivity (Wildman–Crippen MR) is 48.6 cm³/mol. The van der Waals surface area contributed by atoms with E-state index in [1.54, 1.807) is 20.0 Å². The standard InChI is InChI=1S/C6H10INO/c1-3-6(9)5(4-7)8-2/h3,9H,4H2,1-2H3/b6-3+,8-5-. The number of nitrogens with zero attached hydrogens (tertiary/aromatic N) is 1. The monoisotopic (exact) mass is 239 g/mol. The van der Waals surface area contributed by atoms with E-state index in [2.05, 4.69) is 27.6 Å². The maximum Gasteiger partial charge on any atom is 0.133 e. The summed E-state index contributed by atoms with van der Waals surface area (Å²) in [6.07, 6.45) is 1.64. The minimum absolute atomic E-state index is 0.284. The molecule has 0 aliphatic rings. The van der Waals surface area contributed by atoms with Gasteiger partial charge in [-0.1, -0.05) is 22.6 Å². The fourth-order valence-corrected chi connectivity index (χ4v) is 1.14. The minimum atomic E-state index is 0.284. The third kappa shape index (κ3) is 2.84. The molecule has 0 radical (unpaired) electrons. The Labute approximate surface area is 68.8 Å². The molecule has 0 aromatic rings. The maximum absolute atomic E-state index is 9.04. The number of aliphatic imine (C=N–C) groups is 1. The summed E-state index contributed by atoms with van der Waals surface area (Å²) >= 11 is 2.16. The number of alkyl halides is 1. The number of hydrogen-bond donors (Lipinski definition) is 1. The molecule has 0 aliphatic carbocycles. The Morgan fingerprint density at radius 2 is 2.33 bits per heavy atom. The van der Waals surface area contributed by atoms with Crippen LogP contribution in [0.1, 0.15) is 6.92 Å². The van der Waals surface area contributed by atoms with Gasteiger partial charge in [0.05, 0.1) is 5.71 Å². The van der Waals surface area contributed by atoms with Crippen LogP contribution in [0.5, 0.6) is 0 Å². The van der Waals surface area contributed by atoms with Crippen LogP contribution in [0.25, 0.3) is 0 Å². The Hall–Kier alpha value is -0.0600. The van der Waals surface area contributed by atoms with Crippen LogP contribution in [-0.2, 0) is 0 Å². The normalized spacial score (nSPS) is 14.1. The van der Waals surface area contributed by atoms with E-state index in [9.17, 15) is 0 Å². The van der Waals surface area contributed by atoms with E-state index in [-0.39, 0.29) is 5.76 Å².